The minimum absolute atomic E-state index is 0.851. The number of hydrogen-bond acceptors (Lipinski definition) is 3. The average molecular weight is 435 g/mol. The highest BCUT2D eigenvalue weighted by Gasteiger charge is 2.20. The summed E-state index contributed by atoms with van der Waals surface area (Å²) in [5.74, 6) is 0. The molecule has 0 fully saturated rings. The fraction of sp³-hybridized carbons (Fsp3) is 0. The molecule has 4 heterocycles. The Bertz CT molecular complexity index is 2070. The van der Waals surface area contributed by atoms with Gasteiger partial charge in [0.1, 0.15) is 16.7 Å². The van der Waals surface area contributed by atoms with E-state index in [0.717, 1.165) is 60.8 Å². The third kappa shape index (κ3) is 2.22. The fourth-order valence-corrected chi connectivity index (χ4v) is 5.36. The fourth-order valence-electron chi connectivity index (χ4n) is 5.36. The van der Waals surface area contributed by atoms with Crippen LogP contribution in [0.25, 0.3) is 71.6 Å². The molecular formula is C30H17N3O. The van der Waals surface area contributed by atoms with Crippen LogP contribution in [0.2, 0.25) is 0 Å². The largest absolute Gasteiger partial charge is 0.453 e. The summed E-state index contributed by atoms with van der Waals surface area (Å²) in [6, 6.07) is 33.5. The minimum atomic E-state index is 0.851. The molecule has 8 rings (SSSR count). The summed E-state index contributed by atoms with van der Waals surface area (Å²) in [7, 11) is 0. The zero-order valence-corrected chi connectivity index (χ0v) is 18.1. The average Bonchev–Trinajstić information content (AvgIpc) is 3.48. The van der Waals surface area contributed by atoms with Crippen LogP contribution in [0.1, 0.15) is 0 Å². The summed E-state index contributed by atoms with van der Waals surface area (Å²) in [6.07, 6.45) is 1.82. The van der Waals surface area contributed by atoms with Gasteiger partial charge in [0, 0.05) is 33.3 Å². The Morgan fingerprint density at radius 2 is 1.35 bits per heavy atom. The highest BCUT2D eigenvalue weighted by atomic mass is 16.3. The Kier molecular flexibility index (Phi) is 3.36. The summed E-state index contributed by atoms with van der Waals surface area (Å²) >= 11 is 0. The lowest BCUT2D eigenvalue weighted by Gasteiger charge is -2.08. The van der Waals surface area contributed by atoms with Crippen LogP contribution in [-0.4, -0.2) is 14.4 Å². The van der Waals surface area contributed by atoms with Gasteiger partial charge in [-0.25, -0.2) is 4.98 Å². The molecule has 0 saturated carbocycles. The van der Waals surface area contributed by atoms with Crippen LogP contribution in [0.3, 0.4) is 0 Å². The first-order valence-corrected chi connectivity index (χ1v) is 11.4. The number of aromatic nitrogens is 3. The van der Waals surface area contributed by atoms with Gasteiger partial charge in [0.05, 0.1) is 16.7 Å². The lowest BCUT2D eigenvalue weighted by molar-refractivity contribution is 0.672. The second kappa shape index (κ2) is 6.42. The third-order valence-electron chi connectivity index (χ3n) is 6.83. The predicted octanol–water partition coefficient (Wildman–Crippen LogP) is 7.76. The Hall–Kier alpha value is -4.70. The highest BCUT2D eigenvalue weighted by molar-refractivity contribution is 6.20. The van der Waals surface area contributed by atoms with E-state index in [1.807, 2.05) is 24.4 Å². The van der Waals surface area contributed by atoms with Crippen molar-refractivity contribution in [3.05, 3.63) is 103 Å². The third-order valence-corrected chi connectivity index (χ3v) is 6.83. The maximum Gasteiger partial charge on any atom is 0.161 e. The number of fused-ring (bicyclic) bond motifs is 12. The molecule has 0 aliphatic heterocycles. The summed E-state index contributed by atoms with van der Waals surface area (Å²) in [5.41, 5.74) is 7.58. The molecule has 158 valence electrons. The second-order valence-corrected chi connectivity index (χ2v) is 8.64. The number of pyridine rings is 2. The monoisotopic (exact) mass is 435 g/mol. The molecule has 4 aromatic heterocycles. The molecule has 4 heteroatoms. The smallest absolute Gasteiger partial charge is 0.161 e. The van der Waals surface area contributed by atoms with E-state index in [1.54, 1.807) is 0 Å². The minimum Gasteiger partial charge on any atom is -0.453 e. The number of hydrogen-bond donors (Lipinski definition) is 0. The van der Waals surface area contributed by atoms with Gasteiger partial charge in [-0.15, -0.1) is 0 Å². The Morgan fingerprint density at radius 3 is 2.24 bits per heavy atom. The molecule has 0 aliphatic rings. The molecule has 0 amide bonds. The van der Waals surface area contributed by atoms with Crippen molar-refractivity contribution in [3.8, 4) is 11.3 Å². The summed E-state index contributed by atoms with van der Waals surface area (Å²) < 4.78 is 8.94. The second-order valence-electron chi connectivity index (χ2n) is 8.64. The van der Waals surface area contributed by atoms with Crippen molar-refractivity contribution in [2.45, 2.75) is 0 Å². The summed E-state index contributed by atoms with van der Waals surface area (Å²) in [6.45, 7) is 0. The normalized spacial score (nSPS) is 12.1. The Morgan fingerprint density at radius 1 is 0.588 bits per heavy atom. The summed E-state index contributed by atoms with van der Waals surface area (Å²) in [4.78, 5) is 9.65. The van der Waals surface area contributed by atoms with E-state index in [9.17, 15) is 0 Å². The van der Waals surface area contributed by atoms with E-state index in [-0.39, 0.29) is 0 Å². The predicted molar refractivity (Wildman–Crippen MR) is 138 cm³/mol. The standard InChI is InChI=1S/C30H17N3O/c1-2-10-22-18(8-1)19-9-3-4-14-26(19)33-27-25(32-30(22)33)16-15-21-20-11-7-12-23(28(20)34-29(21)27)24-13-5-6-17-31-24/h1-17H. The van der Waals surface area contributed by atoms with Gasteiger partial charge in [0.2, 0.25) is 0 Å². The maximum absolute atomic E-state index is 6.68. The molecule has 4 aromatic carbocycles. The van der Waals surface area contributed by atoms with Gasteiger partial charge < -0.3 is 4.42 Å². The van der Waals surface area contributed by atoms with Gasteiger partial charge >= 0.3 is 0 Å². The molecule has 0 aliphatic carbocycles. The van der Waals surface area contributed by atoms with Crippen molar-refractivity contribution in [1.82, 2.24) is 14.4 Å². The molecule has 0 N–H and O–H groups in total. The molecule has 0 saturated heterocycles. The molecule has 8 aromatic rings. The van der Waals surface area contributed by atoms with Crippen LogP contribution in [0.4, 0.5) is 0 Å². The van der Waals surface area contributed by atoms with Crippen LogP contribution >= 0.6 is 0 Å². The Balaban J connectivity index is 1.62. The van der Waals surface area contributed by atoms with Crippen molar-refractivity contribution in [2.75, 3.05) is 0 Å². The van der Waals surface area contributed by atoms with Gasteiger partial charge in [-0.2, -0.15) is 0 Å². The van der Waals surface area contributed by atoms with Crippen molar-refractivity contribution in [1.29, 1.82) is 0 Å². The van der Waals surface area contributed by atoms with E-state index < -0.39 is 0 Å². The molecule has 4 nitrogen and oxygen atoms in total. The number of para-hydroxylation sites is 2. The first-order valence-electron chi connectivity index (χ1n) is 11.4. The Labute approximate surface area is 193 Å². The van der Waals surface area contributed by atoms with Crippen LogP contribution in [0, 0.1) is 0 Å². The number of rotatable bonds is 1. The zero-order chi connectivity index (χ0) is 22.2. The quantitative estimate of drug-likeness (QED) is 0.248. The number of benzene rings is 4. The number of furan rings is 1. The lowest BCUT2D eigenvalue weighted by Crippen LogP contribution is -1.91. The van der Waals surface area contributed by atoms with Crippen molar-refractivity contribution in [2.24, 2.45) is 0 Å². The number of nitrogens with zero attached hydrogens (tertiary/aromatic N) is 3. The van der Waals surface area contributed by atoms with Crippen LogP contribution in [0.15, 0.2) is 108 Å². The highest BCUT2D eigenvalue weighted by Crippen LogP contribution is 2.40. The molecule has 34 heavy (non-hydrogen) atoms. The van der Waals surface area contributed by atoms with Crippen molar-refractivity contribution >= 4 is 60.3 Å². The van der Waals surface area contributed by atoms with Crippen LogP contribution in [0.5, 0.6) is 0 Å². The van der Waals surface area contributed by atoms with Gasteiger partial charge in [-0.05, 0) is 41.8 Å². The molecule has 0 unspecified atom stereocenters. The maximum atomic E-state index is 6.68. The van der Waals surface area contributed by atoms with E-state index in [0.29, 0.717) is 0 Å². The molecule has 0 atom stereocenters. The van der Waals surface area contributed by atoms with Gasteiger partial charge in [0.15, 0.2) is 5.58 Å². The van der Waals surface area contributed by atoms with Crippen molar-refractivity contribution < 1.29 is 4.42 Å². The number of imidazole rings is 1. The van der Waals surface area contributed by atoms with E-state index in [4.69, 9.17) is 9.40 Å². The topological polar surface area (TPSA) is 43.3 Å². The first-order chi connectivity index (χ1) is 16.9. The van der Waals surface area contributed by atoms with Gasteiger partial charge in [-0.1, -0.05) is 60.7 Å². The van der Waals surface area contributed by atoms with E-state index in [2.05, 4.69) is 88.2 Å². The molecule has 0 bridgehead atoms. The van der Waals surface area contributed by atoms with Crippen LogP contribution < -0.4 is 0 Å². The molecule has 0 radical (unpaired) electrons. The van der Waals surface area contributed by atoms with Crippen LogP contribution in [-0.2, 0) is 0 Å². The summed E-state index contributed by atoms with van der Waals surface area (Å²) in [5, 5.41) is 5.71. The van der Waals surface area contributed by atoms with E-state index >= 15 is 0 Å². The van der Waals surface area contributed by atoms with Gasteiger partial charge in [0.25, 0.3) is 0 Å². The van der Waals surface area contributed by atoms with Crippen molar-refractivity contribution in [3.63, 3.8) is 0 Å². The molecular weight excluding hydrogens is 418 g/mol. The molecule has 0 spiro atoms. The first kappa shape index (κ1) is 17.8. The lowest BCUT2D eigenvalue weighted by atomic mass is 10.1. The zero-order valence-electron chi connectivity index (χ0n) is 18.1. The van der Waals surface area contributed by atoms with Gasteiger partial charge in [-0.3, -0.25) is 9.38 Å². The van der Waals surface area contributed by atoms with E-state index in [1.165, 1.54) is 10.8 Å². The SMILES string of the molecule is c1ccc(-c2cccc3c2oc2c3ccc3nc4c5ccccc5c5ccccc5n4c32)nc1.